The molecule has 0 atom stereocenters. The van der Waals surface area contributed by atoms with Gasteiger partial charge in [0.25, 0.3) is 5.91 Å². The summed E-state index contributed by atoms with van der Waals surface area (Å²) in [5, 5.41) is 10.7. The molecule has 1 fully saturated rings. The molecule has 2 amide bonds. The van der Waals surface area contributed by atoms with Gasteiger partial charge in [-0.2, -0.15) is 5.10 Å². The van der Waals surface area contributed by atoms with Crippen LogP contribution in [0.2, 0.25) is 0 Å². The largest absolute Gasteiger partial charge is 0.322 e. The highest BCUT2D eigenvalue weighted by Gasteiger charge is 2.33. The maximum absolute atomic E-state index is 12.7. The van der Waals surface area contributed by atoms with Crippen LogP contribution in [0.1, 0.15) is 23.2 Å². The van der Waals surface area contributed by atoms with Gasteiger partial charge in [-0.05, 0) is 43.2 Å². The first kappa shape index (κ1) is 15.4. The average molecular weight is 334 g/mol. The fraction of sp³-hybridized carbons (Fsp3) is 0.211. The van der Waals surface area contributed by atoms with Crippen LogP contribution >= 0.6 is 0 Å². The molecule has 25 heavy (non-hydrogen) atoms. The number of fused-ring (bicyclic) bond motifs is 1. The van der Waals surface area contributed by atoms with Crippen molar-refractivity contribution in [1.82, 2.24) is 10.2 Å². The van der Waals surface area contributed by atoms with E-state index in [4.69, 9.17) is 0 Å². The van der Waals surface area contributed by atoms with Gasteiger partial charge in [-0.15, -0.1) is 0 Å². The number of H-pyrrole nitrogens is 1. The zero-order valence-electron chi connectivity index (χ0n) is 13.8. The Hall–Kier alpha value is -3.15. The molecular weight excluding hydrogens is 316 g/mol. The number of nitrogens with zero attached hydrogens (tertiary/aromatic N) is 2. The molecule has 1 aliphatic rings. The molecule has 126 valence electrons. The van der Waals surface area contributed by atoms with Crippen molar-refractivity contribution in [1.29, 1.82) is 0 Å². The molecule has 1 aliphatic carbocycles. The molecule has 1 aromatic heterocycles. The Balaban J connectivity index is 1.60. The number of rotatable bonds is 4. The van der Waals surface area contributed by atoms with E-state index in [9.17, 15) is 9.59 Å². The van der Waals surface area contributed by atoms with E-state index in [2.05, 4.69) is 15.5 Å². The maximum Gasteiger partial charge on any atom is 0.257 e. The molecule has 0 bridgehead atoms. The number of hydrogen-bond acceptors (Lipinski definition) is 3. The second kappa shape index (κ2) is 6.05. The number of benzene rings is 2. The first-order valence-corrected chi connectivity index (χ1v) is 8.24. The first-order chi connectivity index (χ1) is 12.1. The Morgan fingerprint density at radius 3 is 2.80 bits per heavy atom. The molecule has 1 heterocycles. The molecule has 0 radical (unpaired) electrons. The zero-order valence-corrected chi connectivity index (χ0v) is 13.8. The van der Waals surface area contributed by atoms with Gasteiger partial charge in [-0.25, -0.2) is 0 Å². The third-order valence-electron chi connectivity index (χ3n) is 4.47. The molecule has 0 aliphatic heterocycles. The summed E-state index contributed by atoms with van der Waals surface area (Å²) in [7, 11) is 1.73. The van der Waals surface area contributed by atoms with Crippen LogP contribution in [0.4, 0.5) is 11.4 Å². The number of hydrogen-bond donors (Lipinski definition) is 2. The molecule has 2 N–H and O–H groups in total. The monoisotopic (exact) mass is 334 g/mol. The highest BCUT2D eigenvalue weighted by atomic mass is 16.2. The van der Waals surface area contributed by atoms with Crippen LogP contribution in [0.5, 0.6) is 0 Å². The number of para-hydroxylation sites is 1. The van der Waals surface area contributed by atoms with E-state index in [1.54, 1.807) is 36.3 Å². The second-order valence-electron chi connectivity index (χ2n) is 6.31. The van der Waals surface area contributed by atoms with Gasteiger partial charge in [-0.3, -0.25) is 14.7 Å². The van der Waals surface area contributed by atoms with Crippen LogP contribution in [0.25, 0.3) is 10.9 Å². The van der Waals surface area contributed by atoms with E-state index < -0.39 is 0 Å². The first-order valence-electron chi connectivity index (χ1n) is 8.24. The minimum absolute atomic E-state index is 0.0695. The summed E-state index contributed by atoms with van der Waals surface area (Å²) in [4.78, 5) is 26.7. The Morgan fingerprint density at radius 2 is 2.00 bits per heavy atom. The van der Waals surface area contributed by atoms with Crippen LogP contribution < -0.4 is 10.2 Å². The number of aromatic nitrogens is 2. The van der Waals surface area contributed by atoms with Crippen molar-refractivity contribution in [2.75, 3.05) is 17.3 Å². The Labute approximate surface area is 144 Å². The number of anilines is 2. The van der Waals surface area contributed by atoms with E-state index in [-0.39, 0.29) is 17.7 Å². The van der Waals surface area contributed by atoms with Gasteiger partial charge < -0.3 is 10.2 Å². The summed E-state index contributed by atoms with van der Waals surface area (Å²) in [6.07, 6.45) is 3.57. The quantitative estimate of drug-likeness (QED) is 0.769. The van der Waals surface area contributed by atoms with Crippen molar-refractivity contribution in [3.05, 3.63) is 54.2 Å². The van der Waals surface area contributed by atoms with Gasteiger partial charge in [0.05, 0.1) is 23.0 Å². The molecule has 3 aromatic rings. The predicted octanol–water partition coefficient (Wildman–Crippen LogP) is 3.19. The van der Waals surface area contributed by atoms with E-state index in [0.717, 1.165) is 23.7 Å². The van der Waals surface area contributed by atoms with Crippen molar-refractivity contribution in [2.45, 2.75) is 12.8 Å². The summed E-state index contributed by atoms with van der Waals surface area (Å²) in [5.74, 6) is -0.0708. The Morgan fingerprint density at radius 1 is 1.20 bits per heavy atom. The summed E-state index contributed by atoms with van der Waals surface area (Å²) >= 11 is 0. The summed E-state index contributed by atoms with van der Waals surface area (Å²) < 4.78 is 0. The third-order valence-corrected chi connectivity index (χ3v) is 4.47. The minimum atomic E-state index is -0.242. The Bertz CT molecular complexity index is 959. The normalized spacial score (nSPS) is 13.6. The van der Waals surface area contributed by atoms with Crippen molar-refractivity contribution in [2.24, 2.45) is 5.92 Å². The van der Waals surface area contributed by atoms with Crippen molar-refractivity contribution in [3.8, 4) is 0 Å². The molecule has 6 nitrogen and oxygen atoms in total. The number of carbonyl (C=O) groups is 2. The highest BCUT2D eigenvalue weighted by molar-refractivity contribution is 6.11. The molecule has 0 spiro atoms. The van der Waals surface area contributed by atoms with Gasteiger partial charge in [0.1, 0.15) is 0 Å². The molecule has 4 rings (SSSR count). The van der Waals surface area contributed by atoms with Gasteiger partial charge in [0, 0.05) is 24.0 Å². The van der Waals surface area contributed by atoms with Crippen molar-refractivity contribution < 1.29 is 9.59 Å². The lowest BCUT2D eigenvalue weighted by Crippen LogP contribution is -2.29. The van der Waals surface area contributed by atoms with Crippen LogP contribution in [0.3, 0.4) is 0 Å². The average Bonchev–Trinajstić information content (AvgIpc) is 3.38. The van der Waals surface area contributed by atoms with Gasteiger partial charge in [0.2, 0.25) is 5.91 Å². The Kier molecular flexibility index (Phi) is 3.72. The minimum Gasteiger partial charge on any atom is -0.322 e. The van der Waals surface area contributed by atoms with Crippen molar-refractivity contribution in [3.63, 3.8) is 0 Å². The van der Waals surface area contributed by atoms with Crippen LogP contribution in [-0.2, 0) is 4.79 Å². The topological polar surface area (TPSA) is 78.1 Å². The van der Waals surface area contributed by atoms with Crippen LogP contribution in [0, 0.1) is 5.92 Å². The lowest BCUT2D eigenvalue weighted by molar-refractivity contribution is -0.119. The molecule has 2 aromatic carbocycles. The van der Waals surface area contributed by atoms with Crippen LogP contribution in [-0.4, -0.2) is 29.1 Å². The number of aromatic amines is 1. The van der Waals surface area contributed by atoms with E-state index in [1.165, 1.54) is 0 Å². The molecule has 0 unspecified atom stereocenters. The fourth-order valence-corrected chi connectivity index (χ4v) is 2.90. The maximum atomic E-state index is 12.7. The summed E-state index contributed by atoms with van der Waals surface area (Å²) in [6.45, 7) is 0. The highest BCUT2D eigenvalue weighted by Crippen LogP contribution is 2.33. The summed E-state index contributed by atoms with van der Waals surface area (Å²) in [6, 6.07) is 12.7. The lowest BCUT2D eigenvalue weighted by atomic mass is 10.1. The fourth-order valence-electron chi connectivity index (χ4n) is 2.90. The second-order valence-corrected chi connectivity index (χ2v) is 6.31. The number of carbonyl (C=O) groups excluding carboxylic acids is 2. The SMILES string of the molecule is CN(C(=O)C1CC1)c1ccccc1C(=O)Nc1ccc2[nH]ncc2c1. The van der Waals surface area contributed by atoms with E-state index in [1.807, 2.05) is 24.3 Å². The van der Waals surface area contributed by atoms with Gasteiger partial charge in [0.15, 0.2) is 0 Å². The standard InChI is InChI=1S/C19H18N4O2/c1-23(19(25)12-6-7-12)17-5-3-2-4-15(17)18(24)21-14-8-9-16-13(10-14)11-20-22-16/h2-5,8-12H,6-7H2,1H3,(H,20,22)(H,21,24). The van der Waals surface area contributed by atoms with E-state index >= 15 is 0 Å². The smallest absolute Gasteiger partial charge is 0.257 e. The molecule has 6 heteroatoms. The number of nitrogens with one attached hydrogen (secondary N) is 2. The van der Waals surface area contributed by atoms with E-state index in [0.29, 0.717) is 16.9 Å². The predicted molar refractivity (Wildman–Crippen MR) is 96.6 cm³/mol. The molecular formula is C19H18N4O2. The van der Waals surface area contributed by atoms with Gasteiger partial charge >= 0.3 is 0 Å². The molecule has 0 saturated heterocycles. The molecule has 1 saturated carbocycles. The lowest BCUT2D eigenvalue weighted by Gasteiger charge is -2.20. The summed E-state index contributed by atoms with van der Waals surface area (Å²) in [5.41, 5.74) is 2.70. The van der Waals surface area contributed by atoms with Gasteiger partial charge in [-0.1, -0.05) is 12.1 Å². The zero-order chi connectivity index (χ0) is 17.4. The number of amides is 2. The van der Waals surface area contributed by atoms with Crippen LogP contribution in [0.15, 0.2) is 48.7 Å². The van der Waals surface area contributed by atoms with Crippen molar-refractivity contribution >= 4 is 34.1 Å². The third kappa shape index (κ3) is 2.98.